The Hall–Kier alpha value is -3.94. The van der Waals surface area contributed by atoms with Crippen LogP contribution in [0.15, 0.2) is 53.7 Å². The van der Waals surface area contributed by atoms with Crippen molar-refractivity contribution in [3.05, 3.63) is 86.5 Å². The van der Waals surface area contributed by atoms with Gasteiger partial charge in [-0.05, 0) is 44.0 Å². The van der Waals surface area contributed by atoms with Crippen LogP contribution >= 0.6 is 11.8 Å². The van der Waals surface area contributed by atoms with Crippen LogP contribution in [0.2, 0.25) is 0 Å². The summed E-state index contributed by atoms with van der Waals surface area (Å²) in [4.78, 5) is 10.5. The summed E-state index contributed by atoms with van der Waals surface area (Å²) in [6.45, 7) is 6.40. The molecule has 2 aromatic heterocycles. The lowest BCUT2D eigenvalue weighted by Crippen LogP contribution is -2.33. The Morgan fingerprint density at radius 2 is 1.89 bits per heavy atom. The Morgan fingerprint density at radius 3 is 2.56 bits per heavy atom. The third kappa shape index (κ3) is 4.51. The van der Waals surface area contributed by atoms with Crippen LogP contribution in [0.5, 0.6) is 0 Å². The van der Waals surface area contributed by atoms with Gasteiger partial charge in [0, 0.05) is 35.6 Å². The molecule has 2 aromatic carbocycles. The molecule has 0 radical (unpaired) electrons. The van der Waals surface area contributed by atoms with E-state index in [1.54, 1.807) is 12.1 Å². The second-order valence-corrected chi connectivity index (χ2v) is 10.3. The molecule has 182 valence electrons. The summed E-state index contributed by atoms with van der Waals surface area (Å²) < 4.78 is 7.95. The minimum atomic E-state index is -0.415. The van der Waals surface area contributed by atoms with Gasteiger partial charge in [-0.25, -0.2) is 0 Å². The molecule has 1 aliphatic rings. The van der Waals surface area contributed by atoms with Gasteiger partial charge in [-0.2, -0.15) is 5.26 Å². The topological polar surface area (TPSA) is 118 Å². The maximum atomic E-state index is 11.0. The van der Waals surface area contributed by atoms with Crippen molar-refractivity contribution in [1.82, 2.24) is 14.6 Å². The Kier molecular flexibility index (Phi) is 6.12. The SMILES string of the molecule is Cc1ccc(Nc2c(C#N)c3c(c4nnc(SCc5ccc([N+](=O)[O-])cc5)n24)COC(C)(C)C3)cc1. The number of ether oxygens (including phenoxy) is 1. The van der Waals surface area contributed by atoms with E-state index in [2.05, 4.69) is 21.6 Å². The van der Waals surface area contributed by atoms with Gasteiger partial charge in [-0.15, -0.1) is 10.2 Å². The fourth-order valence-electron chi connectivity index (χ4n) is 4.27. The number of anilines is 2. The number of thioether (sulfide) groups is 1. The van der Waals surface area contributed by atoms with Gasteiger partial charge in [0.15, 0.2) is 10.8 Å². The summed E-state index contributed by atoms with van der Waals surface area (Å²) in [5.41, 5.74) is 5.56. The van der Waals surface area contributed by atoms with Crippen molar-refractivity contribution >= 4 is 34.6 Å². The number of nitro benzene ring substituents is 1. The third-order valence-electron chi connectivity index (χ3n) is 6.18. The Balaban J connectivity index is 1.60. The van der Waals surface area contributed by atoms with Crippen molar-refractivity contribution in [2.75, 3.05) is 5.32 Å². The molecule has 0 amide bonds. The van der Waals surface area contributed by atoms with Gasteiger partial charge >= 0.3 is 0 Å². The zero-order chi connectivity index (χ0) is 25.4. The fraction of sp³-hybridized carbons (Fsp3) is 0.269. The highest BCUT2D eigenvalue weighted by atomic mass is 32.2. The quantitative estimate of drug-likeness (QED) is 0.203. The maximum absolute atomic E-state index is 11.0. The van der Waals surface area contributed by atoms with Crippen molar-refractivity contribution < 1.29 is 9.66 Å². The van der Waals surface area contributed by atoms with Crippen LogP contribution in [0, 0.1) is 28.4 Å². The highest BCUT2D eigenvalue weighted by Gasteiger charge is 2.33. The molecule has 9 nitrogen and oxygen atoms in total. The molecule has 0 bridgehead atoms. The van der Waals surface area contributed by atoms with Gasteiger partial charge in [-0.3, -0.25) is 14.5 Å². The number of hydrogen-bond acceptors (Lipinski definition) is 8. The third-order valence-corrected chi connectivity index (χ3v) is 7.18. The second-order valence-electron chi connectivity index (χ2n) is 9.36. The number of fused-ring (bicyclic) bond motifs is 3. The van der Waals surface area contributed by atoms with Gasteiger partial charge in [0.25, 0.3) is 5.69 Å². The first-order valence-corrected chi connectivity index (χ1v) is 12.4. The van der Waals surface area contributed by atoms with Crippen molar-refractivity contribution in [1.29, 1.82) is 5.26 Å². The van der Waals surface area contributed by atoms with E-state index in [-0.39, 0.29) is 5.69 Å². The minimum absolute atomic E-state index is 0.0504. The van der Waals surface area contributed by atoms with Crippen molar-refractivity contribution in [3.63, 3.8) is 0 Å². The molecule has 0 atom stereocenters. The van der Waals surface area contributed by atoms with Gasteiger partial charge in [0.05, 0.1) is 22.7 Å². The van der Waals surface area contributed by atoms with Crippen LogP contribution < -0.4 is 5.32 Å². The number of benzene rings is 2. The number of nitro groups is 1. The molecule has 36 heavy (non-hydrogen) atoms. The van der Waals surface area contributed by atoms with E-state index in [4.69, 9.17) is 4.74 Å². The van der Waals surface area contributed by atoms with E-state index in [1.165, 1.54) is 23.9 Å². The lowest BCUT2D eigenvalue weighted by atomic mass is 9.89. The molecular weight excluding hydrogens is 476 g/mol. The molecule has 0 saturated heterocycles. The Labute approximate surface area is 212 Å². The first-order chi connectivity index (χ1) is 17.3. The van der Waals surface area contributed by atoms with Gasteiger partial charge in [0.2, 0.25) is 0 Å². The van der Waals surface area contributed by atoms with Crippen LogP contribution in [0.1, 0.15) is 41.7 Å². The van der Waals surface area contributed by atoms with Gasteiger partial charge in [-0.1, -0.05) is 41.6 Å². The average molecular weight is 501 g/mol. The number of nitrogens with one attached hydrogen (secondary N) is 1. The number of rotatable bonds is 6. The fourth-order valence-corrected chi connectivity index (χ4v) is 5.16. The van der Waals surface area contributed by atoms with Crippen LogP contribution in [0.25, 0.3) is 5.65 Å². The molecule has 3 heterocycles. The largest absolute Gasteiger partial charge is 0.370 e. The predicted molar refractivity (Wildman–Crippen MR) is 137 cm³/mol. The number of non-ortho nitro benzene ring substituents is 1. The van der Waals surface area contributed by atoms with E-state index < -0.39 is 10.5 Å². The molecule has 1 aliphatic heterocycles. The predicted octanol–water partition coefficient (Wildman–Crippen LogP) is 5.70. The van der Waals surface area contributed by atoms with E-state index >= 15 is 0 Å². The van der Waals surface area contributed by atoms with Crippen molar-refractivity contribution in [2.24, 2.45) is 0 Å². The number of pyridine rings is 1. The summed E-state index contributed by atoms with van der Waals surface area (Å²) >= 11 is 1.45. The first-order valence-electron chi connectivity index (χ1n) is 11.4. The molecule has 0 aliphatic carbocycles. The van der Waals surface area contributed by atoms with Gasteiger partial charge < -0.3 is 10.1 Å². The van der Waals surface area contributed by atoms with E-state index in [0.717, 1.165) is 27.9 Å². The number of aryl methyl sites for hydroxylation is 1. The van der Waals surface area contributed by atoms with Crippen LogP contribution in [-0.4, -0.2) is 25.1 Å². The molecule has 10 heteroatoms. The second kappa shape index (κ2) is 9.26. The summed E-state index contributed by atoms with van der Waals surface area (Å²) in [5.74, 6) is 1.15. The highest BCUT2D eigenvalue weighted by molar-refractivity contribution is 7.98. The number of nitriles is 1. The molecule has 0 unspecified atom stereocenters. The molecular formula is C26H24N6O3S. The number of hydrogen-bond donors (Lipinski definition) is 1. The smallest absolute Gasteiger partial charge is 0.269 e. The number of aromatic nitrogens is 3. The van der Waals surface area contributed by atoms with Gasteiger partial charge in [0.1, 0.15) is 11.9 Å². The van der Waals surface area contributed by atoms with E-state index in [0.29, 0.717) is 41.0 Å². The summed E-state index contributed by atoms with van der Waals surface area (Å²) in [7, 11) is 0. The van der Waals surface area contributed by atoms with Crippen molar-refractivity contribution in [3.8, 4) is 6.07 Å². The minimum Gasteiger partial charge on any atom is -0.370 e. The zero-order valence-electron chi connectivity index (χ0n) is 20.1. The summed E-state index contributed by atoms with van der Waals surface area (Å²) in [6, 6.07) is 16.8. The summed E-state index contributed by atoms with van der Waals surface area (Å²) in [5, 5.41) is 34.3. The molecule has 5 rings (SSSR count). The van der Waals surface area contributed by atoms with Crippen LogP contribution in [0.3, 0.4) is 0 Å². The number of nitrogens with zero attached hydrogens (tertiary/aromatic N) is 5. The van der Waals surface area contributed by atoms with E-state index in [1.807, 2.05) is 49.4 Å². The molecule has 1 N–H and O–H groups in total. The lowest BCUT2D eigenvalue weighted by molar-refractivity contribution is -0.384. The highest BCUT2D eigenvalue weighted by Crippen LogP contribution is 2.38. The molecule has 4 aromatic rings. The Bertz CT molecular complexity index is 1500. The van der Waals surface area contributed by atoms with Crippen LogP contribution in [0.4, 0.5) is 17.2 Å². The lowest BCUT2D eigenvalue weighted by Gasteiger charge is -2.33. The monoisotopic (exact) mass is 500 g/mol. The van der Waals surface area contributed by atoms with Crippen molar-refractivity contribution in [2.45, 2.75) is 50.3 Å². The standard InChI is InChI=1S/C26H24N6O3S/c1-16-4-8-18(9-5-16)28-23-21(13-27)20-12-26(2,3)35-14-22(20)24-29-30-25(31(23)24)36-15-17-6-10-19(11-7-17)32(33)34/h4-11,28H,12,14-15H2,1-3H3. The summed E-state index contributed by atoms with van der Waals surface area (Å²) in [6.07, 6.45) is 0.586. The normalized spacial score (nSPS) is 14.3. The Morgan fingerprint density at radius 1 is 1.17 bits per heavy atom. The molecule has 0 fully saturated rings. The molecule has 0 spiro atoms. The van der Waals surface area contributed by atoms with E-state index in [9.17, 15) is 15.4 Å². The average Bonchev–Trinajstić information content (AvgIpc) is 3.28. The first kappa shape index (κ1) is 23.8. The van der Waals surface area contributed by atoms with Crippen LogP contribution in [-0.2, 0) is 23.5 Å². The molecule has 0 saturated carbocycles. The zero-order valence-corrected chi connectivity index (χ0v) is 20.9. The maximum Gasteiger partial charge on any atom is 0.269 e.